The summed E-state index contributed by atoms with van der Waals surface area (Å²) >= 11 is 0. The Labute approximate surface area is 159 Å². The number of amides is 2. The van der Waals surface area contributed by atoms with Crippen LogP contribution in [-0.2, 0) is 9.59 Å². The molecule has 3 rings (SSSR count). The van der Waals surface area contributed by atoms with E-state index in [1.807, 2.05) is 62.1 Å². The van der Waals surface area contributed by atoms with Crippen LogP contribution in [0.3, 0.4) is 0 Å². The zero-order valence-electron chi connectivity index (χ0n) is 16.1. The summed E-state index contributed by atoms with van der Waals surface area (Å²) in [6.45, 7) is 6.47. The van der Waals surface area contributed by atoms with E-state index >= 15 is 0 Å². The quantitative estimate of drug-likeness (QED) is 0.871. The topological polar surface area (TPSA) is 70.7 Å². The van der Waals surface area contributed by atoms with Gasteiger partial charge in [0.1, 0.15) is 5.75 Å². The molecule has 2 aromatic carbocycles. The molecular weight excluding hydrogens is 342 g/mol. The summed E-state index contributed by atoms with van der Waals surface area (Å²) < 4.78 is 5.78. The fourth-order valence-electron chi connectivity index (χ4n) is 3.48. The number of anilines is 2. The van der Waals surface area contributed by atoms with E-state index in [1.165, 1.54) is 5.56 Å². The maximum absolute atomic E-state index is 12.7. The van der Waals surface area contributed by atoms with Crippen LogP contribution in [0.15, 0.2) is 36.4 Å². The molecule has 142 valence electrons. The van der Waals surface area contributed by atoms with Crippen LogP contribution in [0.25, 0.3) is 0 Å². The van der Waals surface area contributed by atoms with Gasteiger partial charge in [0.2, 0.25) is 5.91 Å². The first-order valence-electron chi connectivity index (χ1n) is 8.99. The van der Waals surface area contributed by atoms with E-state index < -0.39 is 6.10 Å². The Morgan fingerprint density at radius 2 is 1.81 bits per heavy atom. The molecule has 0 unspecified atom stereocenters. The van der Waals surface area contributed by atoms with Gasteiger partial charge in [-0.2, -0.15) is 0 Å². The highest BCUT2D eigenvalue weighted by Gasteiger charge is 2.31. The average Bonchev–Trinajstić information content (AvgIpc) is 2.63. The van der Waals surface area contributed by atoms with Crippen LogP contribution in [0.1, 0.15) is 16.7 Å². The molecule has 2 amide bonds. The lowest BCUT2D eigenvalue weighted by molar-refractivity contribution is -0.127. The third-order valence-corrected chi connectivity index (χ3v) is 4.68. The van der Waals surface area contributed by atoms with Crippen molar-refractivity contribution in [3.63, 3.8) is 0 Å². The van der Waals surface area contributed by atoms with E-state index in [9.17, 15) is 9.59 Å². The van der Waals surface area contributed by atoms with Crippen molar-refractivity contribution in [1.29, 1.82) is 0 Å². The zero-order chi connectivity index (χ0) is 19.6. The number of carbonyl (C=O) groups excluding carboxylic acids is 2. The third kappa shape index (κ3) is 4.05. The number of para-hydroxylation sites is 2. The summed E-state index contributed by atoms with van der Waals surface area (Å²) in [7, 11) is 1.58. The van der Waals surface area contributed by atoms with Crippen LogP contribution in [0.5, 0.6) is 5.75 Å². The van der Waals surface area contributed by atoms with Gasteiger partial charge in [-0.15, -0.1) is 0 Å². The largest absolute Gasteiger partial charge is 0.477 e. The number of benzene rings is 2. The monoisotopic (exact) mass is 367 g/mol. The second-order valence-corrected chi connectivity index (χ2v) is 6.89. The minimum Gasteiger partial charge on any atom is -0.477 e. The van der Waals surface area contributed by atoms with Crippen LogP contribution in [0, 0.1) is 20.8 Å². The van der Waals surface area contributed by atoms with Gasteiger partial charge in [-0.05, 0) is 44.0 Å². The van der Waals surface area contributed by atoms with E-state index in [2.05, 4.69) is 10.6 Å². The molecule has 1 aliphatic heterocycles. The predicted molar refractivity (Wildman–Crippen MR) is 106 cm³/mol. The Kier molecular flexibility index (Phi) is 5.35. The lowest BCUT2D eigenvalue weighted by Gasteiger charge is -2.35. The molecule has 1 atom stereocenters. The van der Waals surface area contributed by atoms with E-state index in [1.54, 1.807) is 7.05 Å². The van der Waals surface area contributed by atoms with Gasteiger partial charge < -0.3 is 20.3 Å². The van der Waals surface area contributed by atoms with Gasteiger partial charge in [-0.1, -0.05) is 29.8 Å². The van der Waals surface area contributed by atoms with Gasteiger partial charge >= 0.3 is 0 Å². The molecule has 0 spiro atoms. The molecular formula is C21H25N3O3. The minimum absolute atomic E-state index is 0.127. The van der Waals surface area contributed by atoms with Gasteiger partial charge in [0.15, 0.2) is 6.10 Å². The van der Waals surface area contributed by atoms with Crippen molar-refractivity contribution in [3.8, 4) is 5.75 Å². The molecule has 6 heteroatoms. The number of hydrogen-bond acceptors (Lipinski definition) is 4. The van der Waals surface area contributed by atoms with Crippen molar-refractivity contribution in [2.45, 2.75) is 26.9 Å². The molecule has 27 heavy (non-hydrogen) atoms. The molecule has 1 aliphatic rings. The molecule has 0 radical (unpaired) electrons. The average molecular weight is 367 g/mol. The second kappa shape index (κ2) is 7.70. The zero-order valence-corrected chi connectivity index (χ0v) is 16.1. The van der Waals surface area contributed by atoms with Gasteiger partial charge in [-0.3, -0.25) is 9.59 Å². The van der Waals surface area contributed by atoms with Crippen molar-refractivity contribution in [1.82, 2.24) is 5.32 Å². The first kappa shape index (κ1) is 18.8. The molecule has 0 fully saturated rings. The number of ether oxygens (including phenoxy) is 1. The van der Waals surface area contributed by atoms with Gasteiger partial charge in [0.25, 0.3) is 5.91 Å². The normalized spacial score (nSPS) is 15.6. The summed E-state index contributed by atoms with van der Waals surface area (Å²) in [6.07, 6.45) is -0.652. The molecule has 1 heterocycles. The fourth-order valence-corrected chi connectivity index (χ4v) is 3.48. The Balaban J connectivity index is 1.79. The lowest BCUT2D eigenvalue weighted by Crippen LogP contribution is -2.50. The Hall–Kier alpha value is -3.02. The second-order valence-electron chi connectivity index (χ2n) is 6.89. The van der Waals surface area contributed by atoms with Crippen LogP contribution < -0.4 is 20.3 Å². The molecule has 0 bridgehead atoms. The van der Waals surface area contributed by atoms with Crippen LogP contribution in [0.4, 0.5) is 11.4 Å². The first-order valence-corrected chi connectivity index (χ1v) is 8.99. The lowest BCUT2D eigenvalue weighted by atomic mass is 10.1. The van der Waals surface area contributed by atoms with E-state index in [0.717, 1.165) is 22.5 Å². The van der Waals surface area contributed by atoms with Crippen molar-refractivity contribution in [2.75, 3.05) is 30.4 Å². The van der Waals surface area contributed by atoms with E-state index in [-0.39, 0.29) is 18.4 Å². The van der Waals surface area contributed by atoms with Crippen molar-refractivity contribution >= 4 is 23.2 Å². The molecule has 0 saturated carbocycles. The Morgan fingerprint density at radius 3 is 2.48 bits per heavy atom. The maximum atomic E-state index is 12.7. The van der Waals surface area contributed by atoms with Crippen LogP contribution in [-0.4, -0.2) is 38.1 Å². The highest BCUT2D eigenvalue weighted by atomic mass is 16.5. The number of likely N-dealkylation sites (N-methyl/N-ethyl adjacent to an activating group) is 1. The van der Waals surface area contributed by atoms with Crippen molar-refractivity contribution in [2.24, 2.45) is 0 Å². The van der Waals surface area contributed by atoms with Crippen LogP contribution in [0.2, 0.25) is 0 Å². The van der Waals surface area contributed by atoms with Crippen LogP contribution >= 0.6 is 0 Å². The third-order valence-electron chi connectivity index (χ3n) is 4.68. The number of nitrogens with zero attached hydrogens (tertiary/aromatic N) is 1. The van der Waals surface area contributed by atoms with Gasteiger partial charge in [0, 0.05) is 12.7 Å². The maximum Gasteiger partial charge on any atom is 0.262 e. The highest BCUT2D eigenvalue weighted by Crippen LogP contribution is 2.33. The number of aryl methyl sites for hydroxylation is 3. The SMILES string of the molecule is CNC(=O)[C@@H]1CN(CC(=O)Nc2c(C)cc(C)cc2C)c2ccccc2O1. The van der Waals surface area contributed by atoms with Crippen molar-refractivity contribution < 1.29 is 14.3 Å². The van der Waals surface area contributed by atoms with E-state index in [0.29, 0.717) is 12.3 Å². The molecule has 0 saturated heterocycles. The fraction of sp³-hybridized carbons (Fsp3) is 0.333. The summed E-state index contributed by atoms with van der Waals surface area (Å²) in [5.41, 5.74) is 4.89. The predicted octanol–water partition coefficient (Wildman–Crippen LogP) is 2.56. The Morgan fingerprint density at radius 1 is 1.15 bits per heavy atom. The standard InChI is InChI=1S/C21H25N3O3/c1-13-9-14(2)20(15(3)10-13)23-19(25)12-24-11-18(21(26)22-4)27-17-8-6-5-7-16(17)24/h5-10,18H,11-12H2,1-4H3,(H,22,26)(H,23,25)/t18-/m0/s1. The summed E-state index contributed by atoms with van der Waals surface area (Å²) in [5, 5.41) is 5.63. The number of carbonyl (C=O) groups is 2. The number of nitrogens with one attached hydrogen (secondary N) is 2. The first-order chi connectivity index (χ1) is 12.9. The molecule has 2 aromatic rings. The summed E-state index contributed by atoms with van der Waals surface area (Å²) in [5.74, 6) is 0.269. The number of rotatable bonds is 4. The molecule has 0 aliphatic carbocycles. The highest BCUT2D eigenvalue weighted by molar-refractivity contribution is 5.96. The molecule has 2 N–H and O–H groups in total. The molecule has 6 nitrogen and oxygen atoms in total. The van der Waals surface area contributed by atoms with E-state index in [4.69, 9.17) is 4.74 Å². The van der Waals surface area contributed by atoms with Gasteiger partial charge in [0.05, 0.1) is 18.8 Å². The minimum atomic E-state index is -0.652. The summed E-state index contributed by atoms with van der Waals surface area (Å²) in [6, 6.07) is 11.5. The van der Waals surface area contributed by atoms with Gasteiger partial charge in [-0.25, -0.2) is 0 Å². The number of hydrogen-bond donors (Lipinski definition) is 2. The summed E-state index contributed by atoms with van der Waals surface area (Å²) in [4.78, 5) is 26.7. The van der Waals surface area contributed by atoms with Crippen molar-refractivity contribution in [3.05, 3.63) is 53.1 Å². The number of fused-ring (bicyclic) bond motifs is 1. The Bertz CT molecular complexity index is 856. The smallest absolute Gasteiger partial charge is 0.262 e. The molecule has 0 aromatic heterocycles.